The maximum absolute atomic E-state index is 13.6. The molecule has 1 saturated carbocycles. The molecule has 1 aliphatic carbocycles. The zero-order chi connectivity index (χ0) is 32.4. The lowest BCUT2D eigenvalue weighted by Crippen LogP contribution is -2.49. The quantitative estimate of drug-likeness (QED) is 0.374. The minimum absolute atomic E-state index is 0.105. The Morgan fingerprint density at radius 3 is 2.48 bits per heavy atom. The highest BCUT2D eigenvalue weighted by Crippen LogP contribution is 2.42. The summed E-state index contributed by atoms with van der Waals surface area (Å²) in [5, 5.41) is 11.7. The Labute approximate surface area is 279 Å². The van der Waals surface area contributed by atoms with E-state index in [1.165, 1.54) is 12.0 Å². The van der Waals surface area contributed by atoms with E-state index >= 15 is 0 Å². The molecule has 1 amide bonds. The molecule has 0 unspecified atom stereocenters. The SMILES string of the molecule is C[C@@H]1[C@@H](C)C[C@@H](N2CCCCC2)C[C@H](O)[C@@H]2CC[C@H]2CN2CCCCc3cc(Cl)ccc3COc3ccc(cc32)C(=O)NS1(=O)=O. The summed E-state index contributed by atoms with van der Waals surface area (Å²) in [4.78, 5) is 18.4. The second kappa shape index (κ2) is 14.4. The Hall–Kier alpha value is -2.33. The number of sulfonamides is 1. The number of likely N-dealkylation sites (tertiary alicyclic amines) is 1. The molecule has 10 heteroatoms. The molecular formula is C36H50ClN3O5S. The number of ether oxygens (including phenoxy) is 1. The number of rotatable bonds is 1. The summed E-state index contributed by atoms with van der Waals surface area (Å²) in [6.07, 6.45) is 9.20. The molecule has 0 spiro atoms. The Morgan fingerprint density at radius 1 is 0.935 bits per heavy atom. The average molecular weight is 672 g/mol. The predicted octanol–water partition coefficient (Wildman–Crippen LogP) is 6.18. The number of anilines is 1. The zero-order valence-corrected chi connectivity index (χ0v) is 28.9. The molecule has 2 N–H and O–H groups in total. The summed E-state index contributed by atoms with van der Waals surface area (Å²) in [6, 6.07) is 11.3. The topological polar surface area (TPSA) is 99.2 Å². The standard InChI is InChI=1S/C36H50ClN3O5S/c1-24-18-31(39-15-5-3-6-16-39)21-34(41)32-13-10-28(32)22-40-17-7-4-8-26-19-30(37)12-9-29(26)23-45-35-14-11-27(20-33(35)40)36(42)38-46(43,44)25(24)2/h9,11-12,14,19-20,24-25,28,31-32,34,41H,3-8,10,13,15-18,21-23H2,1-2H3,(H,38,42)/t24-,25+,28-,31+,32+,34-/m0/s1. The second-order valence-corrected chi connectivity index (χ2v) is 16.7. The highest BCUT2D eigenvalue weighted by molar-refractivity contribution is 7.90. The highest BCUT2D eigenvalue weighted by atomic mass is 35.5. The van der Waals surface area contributed by atoms with Crippen LogP contribution in [-0.4, -0.2) is 67.9 Å². The van der Waals surface area contributed by atoms with E-state index in [1.54, 1.807) is 25.1 Å². The van der Waals surface area contributed by atoms with Crippen LogP contribution in [0.15, 0.2) is 36.4 Å². The fraction of sp³-hybridized carbons (Fsp3) is 0.639. The van der Waals surface area contributed by atoms with E-state index in [2.05, 4.69) is 14.5 Å². The number of hydrogen-bond donors (Lipinski definition) is 2. The minimum atomic E-state index is -3.95. The van der Waals surface area contributed by atoms with Crippen LogP contribution in [0.4, 0.5) is 5.69 Å². The largest absolute Gasteiger partial charge is 0.487 e. The van der Waals surface area contributed by atoms with E-state index in [0.29, 0.717) is 41.7 Å². The van der Waals surface area contributed by atoms with Crippen molar-refractivity contribution in [2.45, 2.75) is 102 Å². The molecule has 6 atom stereocenters. The molecule has 2 bridgehead atoms. The van der Waals surface area contributed by atoms with Crippen molar-refractivity contribution < 1.29 is 23.1 Å². The van der Waals surface area contributed by atoms with Crippen molar-refractivity contribution in [1.29, 1.82) is 0 Å². The number of carbonyl (C=O) groups is 1. The van der Waals surface area contributed by atoms with Crippen LogP contribution >= 0.6 is 11.6 Å². The second-order valence-electron chi connectivity index (χ2n) is 14.2. The summed E-state index contributed by atoms with van der Waals surface area (Å²) >= 11 is 6.35. The molecule has 2 fully saturated rings. The number of amides is 1. The van der Waals surface area contributed by atoms with E-state index in [-0.39, 0.29) is 17.9 Å². The van der Waals surface area contributed by atoms with Crippen LogP contribution in [-0.2, 0) is 23.1 Å². The van der Waals surface area contributed by atoms with Crippen molar-refractivity contribution in [3.63, 3.8) is 0 Å². The number of fused-ring (bicyclic) bond motifs is 3. The number of aliphatic hydroxyl groups excluding tert-OH is 1. The Kier molecular flexibility index (Phi) is 10.5. The van der Waals surface area contributed by atoms with E-state index in [1.807, 2.05) is 25.1 Å². The van der Waals surface area contributed by atoms with Crippen LogP contribution < -0.4 is 14.4 Å². The van der Waals surface area contributed by atoms with Crippen molar-refractivity contribution in [3.8, 4) is 5.75 Å². The third-order valence-electron chi connectivity index (χ3n) is 11.3. The van der Waals surface area contributed by atoms with Gasteiger partial charge in [0.25, 0.3) is 5.91 Å². The van der Waals surface area contributed by atoms with Gasteiger partial charge >= 0.3 is 0 Å². The smallest absolute Gasteiger partial charge is 0.264 e. The molecule has 4 aliphatic rings. The van der Waals surface area contributed by atoms with Gasteiger partial charge in [-0.05, 0) is 137 Å². The van der Waals surface area contributed by atoms with E-state index in [9.17, 15) is 18.3 Å². The maximum atomic E-state index is 13.6. The summed E-state index contributed by atoms with van der Waals surface area (Å²) in [5.74, 6) is 0.369. The van der Waals surface area contributed by atoms with Crippen molar-refractivity contribution in [1.82, 2.24) is 9.62 Å². The molecule has 0 radical (unpaired) electrons. The van der Waals surface area contributed by atoms with Crippen LogP contribution in [0, 0.1) is 17.8 Å². The van der Waals surface area contributed by atoms with Gasteiger partial charge in [0.15, 0.2) is 0 Å². The number of aliphatic hydroxyl groups is 1. The highest BCUT2D eigenvalue weighted by Gasteiger charge is 2.40. The van der Waals surface area contributed by atoms with Gasteiger partial charge in [-0.1, -0.05) is 31.0 Å². The number of piperidine rings is 1. The lowest BCUT2D eigenvalue weighted by atomic mass is 9.68. The third-order valence-corrected chi connectivity index (χ3v) is 13.4. The van der Waals surface area contributed by atoms with Crippen molar-refractivity contribution in [2.24, 2.45) is 17.8 Å². The molecule has 2 aromatic carbocycles. The van der Waals surface area contributed by atoms with Gasteiger partial charge < -0.3 is 19.6 Å². The summed E-state index contributed by atoms with van der Waals surface area (Å²) in [7, 11) is -3.95. The number of aryl methyl sites for hydroxylation is 1. The Morgan fingerprint density at radius 2 is 1.72 bits per heavy atom. The Balaban J connectivity index is 1.35. The fourth-order valence-electron chi connectivity index (χ4n) is 8.03. The summed E-state index contributed by atoms with van der Waals surface area (Å²) in [5.41, 5.74) is 3.35. The molecular weight excluding hydrogens is 622 g/mol. The Bertz CT molecular complexity index is 1500. The summed E-state index contributed by atoms with van der Waals surface area (Å²) in [6.45, 7) is 7.52. The van der Waals surface area contributed by atoms with Gasteiger partial charge in [0, 0.05) is 29.7 Å². The van der Waals surface area contributed by atoms with Crippen molar-refractivity contribution in [2.75, 3.05) is 31.1 Å². The molecule has 3 heterocycles. The molecule has 8 nitrogen and oxygen atoms in total. The van der Waals surface area contributed by atoms with E-state index in [0.717, 1.165) is 82.4 Å². The van der Waals surface area contributed by atoms with Crippen LogP contribution in [0.5, 0.6) is 5.75 Å². The zero-order valence-electron chi connectivity index (χ0n) is 27.3. The van der Waals surface area contributed by atoms with Crippen LogP contribution in [0.3, 0.4) is 0 Å². The molecule has 0 aromatic heterocycles. The first-order chi connectivity index (χ1) is 22.1. The lowest BCUT2D eigenvalue weighted by Gasteiger charge is -2.45. The van der Waals surface area contributed by atoms with Gasteiger partial charge in [-0.25, -0.2) is 13.1 Å². The number of carbonyl (C=O) groups excluding carboxylic acids is 1. The first-order valence-corrected chi connectivity index (χ1v) is 19.3. The molecule has 2 aromatic rings. The number of benzene rings is 2. The average Bonchev–Trinajstić information content (AvgIpc) is 3.05. The van der Waals surface area contributed by atoms with Gasteiger partial charge in [-0.15, -0.1) is 0 Å². The van der Waals surface area contributed by atoms with Gasteiger partial charge in [-0.2, -0.15) is 0 Å². The number of halogens is 1. The number of hydrogen-bond acceptors (Lipinski definition) is 7. The summed E-state index contributed by atoms with van der Waals surface area (Å²) < 4.78 is 36.0. The minimum Gasteiger partial charge on any atom is -0.487 e. The van der Waals surface area contributed by atoms with Gasteiger partial charge in [0.1, 0.15) is 12.4 Å². The molecule has 46 heavy (non-hydrogen) atoms. The molecule has 252 valence electrons. The van der Waals surface area contributed by atoms with Gasteiger partial charge in [-0.3, -0.25) is 4.79 Å². The first-order valence-electron chi connectivity index (χ1n) is 17.4. The number of nitrogens with zero attached hydrogens (tertiary/aromatic N) is 2. The first kappa shape index (κ1) is 33.6. The van der Waals surface area contributed by atoms with E-state index < -0.39 is 27.3 Å². The van der Waals surface area contributed by atoms with E-state index in [4.69, 9.17) is 16.3 Å². The molecule has 6 rings (SSSR count). The lowest BCUT2D eigenvalue weighted by molar-refractivity contribution is -0.0126. The van der Waals surface area contributed by atoms with Crippen molar-refractivity contribution >= 4 is 33.2 Å². The van der Waals surface area contributed by atoms with Gasteiger partial charge in [0.2, 0.25) is 10.0 Å². The third kappa shape index (κ3) is 7.53. The van der Waals surface area contributed by atoms with Crippen LogP contribution in [0.1, 0.15) is 93.1 Å². The molecule has 3 aliphatic heterocycles. The van der Waals surface area contributed by atoms with Crippen LogP contribution in [0.25, 0.3) is 0 Å². The maximum Gasteiger partial charge on any atom is 0.264 e. The van der Waals surface area contributed by atoms with Crippen molar-refractivity contribution in [3.05, 3.63) is 58.1 Å². The fourth-order valence-corrected chi connectivity index (χ4v) is 9.51. The monoisotopic (exact) mass is 671 g/mol. The predicted molar refractivity (Wildman–Crippen MR) is 183 cm³/mol. The normalized spacial score (nSPS) is 31.2. The number of nitrogens with one attached hydrogen (secondary N) is 1. The molecule has 1 saturated heterocycles. The van der Waals surface area contributed by atoms with Crippen LogP contribution in [0.2, 0.25) is 5.02 Å². The van der Waals surface area contributed by atoms with Gasteiger partial charge in [0.05, 0.1) is 17.0 Å².